The number of carbonyl (C=O) groups is 1. The molecule has 0 unspecified atom stereocenters. The molecule has 1 heterocycles. The molecule has 0 fully saturated rings. The summed E-state index contributed by atoms with van der Waals surface area (Å²) in [6.45, 7) is 3.17. The molecule has 0 saturated heterocycles. The molecule has 0 aliphatic rings. The highest BCUT2D eigenvalue weighted by molar-refractivity contribution is 7.17. The maximum atomic E-state index is 11.1. The minimum atomic E-state index is 0.526. The number of methoxy groups -OCH3 is 1. The first-order valence-corrected chi connectivity index (χ1v) is 8.30. The molecule has 23 heavy (non-hydrogen) atoms. The highest BCUT2D eigenvalue weighted by Crippen LogP contribution is 2.37. The normalized spacial score (nSPS) is 10.9. The lowest BCUT2D eigenvalue weighted by Gasteiger charge is -2.10. The second kappa shape index (κ2) is 6.94. The number of hydrogen-bond donors (Lipinski definition) is 0. The lowest BCUT2D eigenvalue weighted by Crippen LogP contribution is -2.04. The molecule has 3 aromatic rings. The summed E-state index contributed by atoms with van der Waals surface area (Å²) in [6.07, 6.45) is 0.887. The highest BCUT2D eigenvalue weighted by atomic mass is 32.1. The van der Waals surface area contributed by atoms with Crippen LogP contribution in [0.3, 0.4) is 0 Å². The number of aldehydes is 1. The molecule has 0 aliphatic carbocycles. The highest BCUT2D eigenvalue weighted by Gasteiger charge is 2.11. The molecule has 118 valence electrons. The van der Waals surface area contributed by atoms with E-state index in [0.717, 1.165) is 28.5 Å². The van der Waals surface area contributed by atoms with Crippen molar-refractivity contribution in [2.75, 3.05) is 20.3 Å². The van der Waals surface area contributed by atoms with E-state index in [0.29, 0.717) is 18.8 Å². The largest absolute Gasteiger partial charge is 0.491 e. The van der Waals surface area contributed by atoms with Gasteiger partial charge in [0.2, 0.25) is 0 Å². The lowest BCUT2D eigenvalue weighted by atomic mass is 9.99. The minimum absolute atomic E-state index is 0.526. The van der Waals surface area contributed by atoms with E-state index in [1.807, 2.05) is 24.3 Å². The Morgan fingerprint density at radius 3 is 2.74 bits per heavy atom. The van der Waals surface area contributed by atoms with Gasteiger partial charge in [-0.1, -0.05) is 12.1 Å². The van der Waals surface area contributed by atoms with Gasteiger partial charge in [0.05, 0.1) is 6.61 Å². The molecule has 3 nitrogen and oxygen atoms in total. The molecule has 0 spiro atoms. The zero-order valence-corrected chi connectivity index (χ0v) is 14.0. The van der Waals surface area contributed by atoms with Crippen LogP contribution < -0.4 is 4.74 Å². The van der Waals surface area contributed by atoms with E-state index in [9.17, 15) is 4.79 Å². The molecule has 0 radical (unpaired) electrons. The predicted octanol–water partition coefficient (Wildman–Crippen LogP) is 4.71. The average molecular weight is 326 g/mol. The van der Waals surface area contributed by atoms with E-state index < -0.39 is 0 Å². The summed E-state index contributed by atoms with van der Waals surface area (Å²) in [6, 6.07) is 11.9. The second-order valence-electron chi connectivity index (χ2n) is 5.34. The summed E-state index contributed by atoms with van der Waals surface area (Å²) < 4.78 is 11.9. The third-order valence-corrected chi connectivity index (χ3v) is 4.75. The summed E-state index contributed by atoms with van der Waals surface area (Å²) >= 11 is 1.69. The van der Waals surface area contributed by atoms with Crippen LogP contribution in [0.1, 0.15) is 15.9 Å². The van der Waals surface area contributed by atoms with Gasteiger partial charge in [0.1, 0.15) is 18.6 Å². The Kier molecular flexibility index (Phi) is 4.74. The van der Waals surface area contributed by atoms with Crippen LogP contribution in [-0.2, 0) is 4.74 Å². The fourth-order valence-corrected chi connectivity index (χ4v) is 3.49. The van der Waals surface area contributed by atoms with E-state index in [-0.39, 0.29) is 0 Å². The van der Waals surface area contributed by atoms with Crippen LogP contribution in [0.15, 0.2) is 41.8 Å². The summed E-state index contributed by atoms with van der Waals surface area (Å²) in [7, 11) is 1.66. The zero-order chi connectivity index (χ0) is 16.2. The van der Waals surface area contributed by atoms with Crippen LogP contribution in [-0.4, -0.2) is 26.6 Å². The summed E-state index contributed by atoms with van der Waals surface area (Å²) in [5, 5.41) is 3.25. The Labute approximate surface area is 139 Å². The molecule has 0 aliphatic heterocycles. The average Bonchev–Trinajstić information content (AvgIpc) is 2.99. The molecule has 0 saturated carbocycles. The molecular weight excluding hydrogens is 308 g/mol. The first-order chi connectivity index (χ1) is 11.2. The van der Waals surface area contributed by atoms with Gasteiger partial charge in [-0.15, -0.1) is 11.3 Å². The van der Waals surface area contributed by atoms with Crippen molar-refractivity contribution in [3.63, 3.8) is 0 Å². The molecule has 1 aromatic heterocycles. The van der Waals surface area contributed by atoms with Crippen molar-refractivity contribution >= 4 is 27.7 Å². The molecule has 2 aromatic carbocycles. The third kappa shape index (κ3) is 3.28. The first-order valence-electron chi connectivity index (χ1n) is 7.42. The topological polar surface area (TPSA) is 35.5 Å². The van der Waals surface area contributed by atoms with Gasteiger partial charge < -0.3 is 9.47 Å². The Hall–Kier alpha value is -2.17. The Morgan fingerprint density at radius 2 is 1.96 bits per heavy atom. The Morgan fingerprint density at radius 1 is 1.09 bits per heavy atom. The quantitative estimate of drug-likeness (QED) is 0.486. The van der Waals surface area contributed by atoms with Crippen LogP contribution in [0.2, 0.25) is 0 Å². The molecule has 3 rings (SSSR count). The van der Waals surface area contributed by atoms with E-state index >= 15 is 0 Å². The number of thiophene rings is 1. The van der Waals surface area contributed by atoms with Gasteiger partial charge in [0, 0.05) is 28.3 Å². The molecule has 0 N–H and O–H groups in total. The number of carbonyl (C=O) groups excluding carboxylic acids is 1. The number of aryl methyl sites for hydroxylation is 1. The van der Waals surface area contributed by atoms with E-state index in [1.165, 1.54) is 10.3 Å². The van der Waals surface area contributed by atoms with Gasteiger partial charge in [-0.05, 0) is 47.7 Å². The predicted molar refractivity (Wildman–Crippen MR) is 94.8 cm³/mol. The van der Waals surface area contributed by atoms with Gasteiger partial charge in [-0.3, -0.25) is 4.79 Å². The van der Waals surface area contributed by atoms with Crippen molar-refractivity contribution in [1.29, 1.82) is 0 Å². The maximum absolute atomic E-state index is 11.1. The number of rotatable bonds is 6. The minimum Gasteiger partial charge on any atom is -0.491 e. The van der Waals surface area contributed by atoms with E-state index in [4.69, 9.17) is 9.47 Å². The fourth-order valence-electron chi connectivity index (χ4n) is 2.55. The summed E-state index contributed by atoms with van der Waals surface area (Å²) in [5.74, 6) is 0.827. The Bertz CT molecular complexity index is 836. The molecule has 0 atom stereocenters. The van der Waals surface area contributed by atoms with Crippen molar-refractivity contribution in [2.45, 2.75) is 6.92 Å². The van der Waals surface area contributed by atoms with Crippen LogP contribution in [0.5, 0.6) is 5.75 Å². The van der Waals surface area contributed by atoms with Crippen molar-refractivity contribution in [3.05, 3.63) is 52.9 Å². The molecule has 0 amide bonds. The monoisotopic (exact) mass is 326 g/mol. The van der Waals surface area contributed by atoms with E-state index in [2.05, 4.69) is 24.4 Å². The number of benzene rings is 2. The van der Waals surface area contributed by atoms with Crippen molar-refractivity contribution in [2.24, 2.45) is 0 Å². The summed E-state index contributed by atoms with van der Waals surface area (Å²) in [4.78, 5) is 11.1. The molecule has 0 bridgehead atoms. The maximum Gasteiger partial charge on any atom is 0.150 e. The third-order valence-electron chi connectivity index (χ3n) is 3.79. The van der Waals surface area contributed by atoms with Crippen LogP contribution in [0.25, 0.3) is 21.2 Å². The first kappa shape index (κ1) is 15.7. The van der Waals surface area contributed by atoms with Gasteiger partial charge in [-0.25, -0.2) is 0 Å². The second-order valence-corrected chi connectivity index (χ2v) is 6.25. The van der Waals surface area contributed by atoms with E-state index in [1.54, 1.807) is 18.4 Å². The fraction of sp³-hybridized carbons (Fsp3) is 0.211. The van der Waals surface area contributed by atoms with Crippen LogP contribution in [0.4, 0.5) is 0 Å². The number of ether oxygens (including phenoxy) is 2. The SMILES string of the molecule is COCCOc1ccc(C)c(-c2csc3ccc(C=O)cc23)c1. The molecule has 4 heteroatoms. The van der Waals surface area contributed by atoms with Crippen LogP contribution >= 0.6 is 11.3 Å². The smallest absolute Gasteiger partial charge is 0.150 e. The van der Waals surface area contributed by atoms with Crippen LogP contribution in [0, 0.1) is 6.92 Å². The standard InChI is InChI=1S/C19H18O3S/c1-13-3-5-15(22-8-7-21-2)10-16(13)18-12-23-19-6-4-14(11-20)9-17(18)19/h3-6,9-12H,7-8H2,1-2H3. The van der Waals surface area contributed by atoms with Crippen molar-refractivity contribution in [1.82, 2.24) is 0 Å². The zero-order valence-electron chi connectivity index (χ0n) is 13.2. The number of fused-ring (bicyclic) bond motifs is 1. The van der Waals surface area contributed by atoms with Gasteiger partial charge in [0.15, 0.2) is 0 Å². The Balaban J connectivity index is 2.03. The van der Waals surface area contributed by atoms with Gasteiger partial charge in [0.25, 0.3) is 0 Å². The lowest BCUT2D eigenvalue weighted by molar-refractivity contribution is 0.112. The summed E-state index contributed by atoms with van der Waals surface area (Å²) in [5.41, 5.74) is 4.15. The van der Waals surface area contributed by atoms with Crippen molar-refractivity contribution in [3.8, 4) is 16.9 Å². The number of hydrogen-bond acceptors (Lipinski definition) is 4. The molecular formula is C19H18O3S. The van der Waals surface area contributed by atoms with Crippen molar-refractivity contribution < 1.29 is 14.3 Å². The van der Waals surface area contributed by atoms with Gasteiger partial charge in [-0.2, -0.15) is 0 Å². The van der Waals surface area contributed by atoms with Gasteiger partial charge >= 0.3 is 0 Å².